The van der Waals surface area contributed by atoms with Crippen LogP contribution in [-0.2, 0) is 14.8 Å². The standard InChI is InChI=1S/C17H19N3O5S/c1-12-7-13(2)9-14(8-12)18-17(21)11-19(26(3,24)25)15-5-4-6-16(10-15)20(22)23/h4-10H,11H2,1-3H3,(H,18,21). The number of carbonyl (C=O) groups excluding carboxylic acids is 1. The van der Waals surface area contributed by atoms with E-state index in [1.54, 1.807) is 12.1 Å². The van der Waals surface area contributed by atoms with Gasteiger partial charge in [0.1, 0.15) is 6.54 Å². The van der Waals surface area contributed by atoms with Crippen LogP contribution >= 0.6 is 0 Å². The first-order chi connectivity index (χ1) is 12.1. The number of carbonyl (C=O) groups is 1. The number of non-ortho nitro benzene ring substituents is 1. The zero-order valence-corrected chi connectivity index (χ0v) is 15.4. The van der Waals surface area contributed by atoms with E-state index in [-0.39, 0.29) is 11.4 Å². The lowest BCUT2D eigenvalue weighted by molar-refractivity contribution is -0.384. The van der Waals surface area contributed by atoms with Crippen molar-refractivity contribution in [3.05, 3.63) is 63.7 Å². The number of aryl methyl sites for hydroxylation is 2. The largest absolute Gasteiger partial charge is 0.324 e. The van der Waals surface area contributed by atoms with E-state index in [0.717, 1.165) is 27.8 Å². The molecule has 2 aromatic rings. The number of benzene rings is 2. The van der Waals surface area contributed by atoms with Crippen LogP contribution in [0.4, 0.5) is 17.1 Å². The van der Waals surface area contributed by atoms with Gasteiger partial charge in [-0.25, -0.2) is 8.42 Å². The smallest absolute Gasteiger partial charge is 0.271 e. The minimum atomic E-state index is -3.81. The Balaban J connectivity index is 2.27. The molecule has 9 heteroatoms. The van der Waals surface area contributed by atoms with Crippen molar-refractivity contribution in [2.75, 3.05) is 22.4 Å². The molecule has 0 bridgehead atoms. The first-order valence-corrected chi connectivity index (χ1v) is 9.51. The summed E-state index contributed by atoms with van der Waals surface area (Å²) in [6.45, 7) is 3.27. The normalized spacial score (nSPS) is 11.0. The fourth-order valence-corrected chi connectivity index (χ4v) is 3.39. The maximum atomic E-state index is 12.3. The van der Waals surface area contributed by atoms with Crippen LogP contribution in [0.25, 0.3) is 0 Å². The molecule has 0 spiro atoms. The number of sulfonamides is 1. The van der Waals surface area contributed by atoms with Crippen molar-refractivity contribution in [2.45, 2.75) is 13.8 Å². The van der Waals surface area contributed by atoms with Crippen LogP contribution < -0.4 is 9.62 Å². The van der Waals surface area contributed by atoms with E-state index in [4.69, 9.17) is 0 Å². The SMILES string of the molecule is Cc1cc(C)cc(NC(=O)CN(c2cccc([N+](=O)[O-])c2)S(C)(=O)=O)c1. The third kappa shape index (κ3) is 5.03. The molecule has 26 heavy (non-hydrogen) atoms. The second-order valence-electron chi connectivity index (χ2n) is 5.97. The third-order valence-corrected chi connectivity index (χ3v) is 4.66. The monoisotopic (exact) mass is 377 g/mol. The van der Waals surface area contributed by atoms with E-state index in [2.05, 4.69) is 5.32 Å². The van der Waals surface area contributed by atoms with Gasteiger partial charge in [-0.05, 0) is 43.2 Å². The minimum absolute atomic E-state index is 0.0530. The quantitative estimate of drug-likeness (QED) is 0.615. The lowest BCUT2D eigenvalue weighted by atomic mass is 10.1. The first kappa shape index (κ1) is 19.4. The lowest BCUT2D eigenvalue weighted by Crippen LogP contribution is -2.37. The van der Waals surface area contributed by atoms with Crippen LogP contribution in [0.15, 0.2) is 42.5 Å². The van der Waals surface area contributed by atoms with Crippen molar-refractivity contribution in [1.29, 1.82) is 0 Å². The molecule has 0 heterocycles. The Bertz CT molecular complexity index is 936. The lowest BCUT2D eigenvalue weighted by Gasteiger charge is -2.21. The van der Waals surface area contributed by atoms with Crippen LogP contribution in [0.3, 0.4) is 0 Å². The molecule has 0 saturated heterocycles. The van der Waals surface area contributed by atoms with E-state index >= 15 is 0 Å². The Hall–Kier alpha value is -2.94. The average Bonchev–Trinajstić information content (AvgIpc) is 2.50. The van der Waals surface area contributed by atoms with Crippen molar-refractivity contribution >= 4 is 33.0 Å². The van der Waals surface area contributed by atoms with Gasteiger partial charge < -0.3 is 5.32 Å². The third-order valence-electron chi connectivity index (χ3n) is 3.52. The second kappa shape index (κ2) is 7.52. The number of anilines is 2. The summed E-state index contributed by atoms with van der Waals surface area (Å²) in [6, 6.07) is 10.6. The Morgan fingerprint density at radius 3 is 2.31 bits per heavy atom. The molecule has 0 aliphatic rings. The van der Waals surface area contributed by atoms with E-state index in [0.29, 0.717) is 5.69 Å². The molecule has 0 fully saturated rings. The van der Waals surface area contributed by atoms with Gasteiger partial charge in [0.15, 0.2) is 0 Å². The van der Waals surface area contributed by atoms with E-state index in [1.807, 2.05) is 19.9 Å². The van der Waals surface area contributed by atoms with Crippen LogP contribution in [0.5, 0.6) is 0 Å². The highest BCUT2D eigenvalue weighted by Crippen LogP contribution is 2.23. The molecule has 1 amide bonds. The van der Waals surface area contributed by atoms with Crippen molar-refractivity contribution in [2.24, 2.45) is 0 Å². The predicted molar refractivity (Wildman–Crippen MR) is 99.8 cm³/mol. The topological polar surface area (TPSA) is 110 Å². The molecule has 2 aromatic carbocycles. The summed E-state index contributed by atoms with van der Waals surface area (Å²) < 4.78 is 25.0. The van der Waals surface area contributed by atoms with Gasteiger partial charge in [-0.3, -0.25) is 19.2 Å². The fraction of sp³-hybridized carbons (Fsp3) is 0.235. The molecule has 0 aliphatic heterocycles. The molecule has 0 unspecified atom stereocenters. The highest BCUT2D eigenvalue weighted by atomic mass is 32.2. The Labute approximate surface area is 151 Å². The number of nitrogens with zero attached hydrogens (tertiary/aromatic N) is 2. The molecule has 1 N–H and O–H groups in total. The molecule has 0 atom stereocenters. The summed E-state index contributed by atoms with van der Waals surface area (Å²) in [5.41, 5.74) is 2.26. The number of nitro benzene ring substituents is 1. The van der Waals surface area contributed by atoms with E-state index in [9.17, 15) is 23.3 Å². The zero-order valence-electron chi connectivity index (χ0n) is 14.6. The van der Waals surface area contributed by atoms with Gasteiger partial charge in [-0.15, -0.1) is 0 Å². The molecule has 0 saturated carbocycles. The number of nitrogens with one attached hydrogen (secondary N) is 1. The van der Waals surface area contributed by atoms with Crippen LogP contribution in [-0.4, -0.2) is 32.0 Å². The first-order valence-electron chi connectivity index (χ1n) is 7.66. The van der Waals surface area contributed by atoms with Crippen molar-refractivity contribution < 1.29 is 18.1 Å². The highest BCUT2D eigenvalue weighted by Gasteiger charge is 2.22. The molecule has 0 radical (unpaired) electrons. The molecule has 2 rings (SSSR count). The Morgan fingerprint density at radius 1 is 1.15 bits per heavy atom. The fourth-order valence-electron chi connectivity index (χ4n) is 2.54. The summed E-state index contributed by atoms with van der Waals surface area (Å²) in [6.07, 6.45) is 0.940. The van der Waals surface area contributed by atoms with E-state index < -0.39 is 27.4 Å². The zero-order chi connectivity index (χ0) is 19.5. The molecule has 8 nitrogen and oxygen atoms in total. The maximum Gasteiger partial charge on any atom is 0.271 e. The number of hydrogen-bond donors (Lipinski definition) is 1. The number of amides is 1. The van der Waals surface area contributed by atoms with E-state index in [1.165, 1.54) is 18.2 Å². The van der Waals surface area contributed by atoms with Gasteiger partial charge in [0.2, 0.25) is 15.9 Å². The average molecular weight is 377 g/mol. The highest BCUT2D eigenvalue weighted by molar-refractivity contribution is 7.92. The molecular weight excluding hydrogens is 358 g/mol. The number of nitro groups is 1. The summed E-state index contributed by atoms with van der Waals surface area (Å²) in [5, 5.41) is 13.6. The van der Waals surface area contributed by atoms with Gasteiger partial charge in [-0.2, -0.15) is 0 Å². The van der Waals surface area contributed by atoms with Crippen molar-refractivity contribution in [1.82, 2.24) is 0 Å². The van der Waals surface area contributed by atoms with Crippen LogP contribution in [0.1, 0.15) is 11.1 Å². The van der Waals surface area contributed by atoms with Gasteiger partial charge in [-0.1, -0.05) is 12.1 Å². The second-order valence-corrected chi connectivity index (χ2v) is 7.88. The Morgan fingerprint density at radius 2 is 1.77 bits per heavy atom. The van der Waals surface area contributed by atoms with Gasteiger partial charge in [0.05, 0.1) is 16.9 Å². The van der Waals surface area contributed by atoms with Crippen molar-refractivity contribution in [3.63, 3.8) is 0 Å². The molecule has 0 aromatic heterocycles. The van der Waals surface area contributed by atoms with Gasteiger partial charge in [0, 0.05) is 17.8 Å². The minimum Gasteiger partial charge on any atom is -0.324 e. The Kier molecular flexibility index (Phi) is 5.61. The summed E-state index contributed by atoms with van der Waals surface area (Å²) in [4.78, 5) is 22.6. The predicted octanol–water partition coefficient (Wildman–Crippen LogP) is 2.62. The number of hydrogen-bond acceptors (Lipinski definition) is 5. The summed E-state index contributed by atoms with van der Waals surface area (Å²) >= 11 is 0. The molecule has 138 valence electrons. The van der Waals surface area contributed by atoms with Gasteiger partial charge >= 0.3 is 0 Å². The molecule has 0 aliphatic carbocycles. The van der Waals surface area contributed by atoms with Crippen LogP contribution in [0.2, 0.25) is 0 Å². The maximum absolute atomic E-state index is 12.3. The number of rotatable bonds is 6. The molecular formula is C17H19N3O5S. The summed E-state index contributed by atoms with van der Waals surface area (Å²) in [5.74, 6) is -0.549. The van der Waals surface area contributed by atoms with Crippen LogP contribution in [0, 0.1) is 24.0 Å². The summed E-state index contributed by atoms with van der Waals surface area (Å²) in [7, 11) is -3.81. The van der Waals surface area contributed by atoms with Gasteiger partial charge in [0.25, 0.3) is 5.69 Å². The van der Waals surface area contributed by atoms with Crippen molar-refractivity contribution in [3.8, 4) is 0 Å².